The van der Waals surface area contributed by atoms with E-state index >= 15 is 0 Å². The number of aryl methyl sites for hydroxylation is 1. The van der Waals surface area contributed by atoms with Crippen LogP contribution < -0.4 is 4.74 Å². The topological polar surface area (TPSA) is 52.6 Å². The van der Waals surface area contributed by atoms with Crippen LogP contribution in [0, 0.1) is 12.3 Å². The first-order valence-corrected chi connectivity index (χ1v) is 12.0. The highest BCUT2D eigenvalue weighted by Gasteiger charge is 2.46. The third kappa shape index (κ3) is 8.89. The zero-order chi connectivity index (χ0) is 22.2. The molecule has 1 aromatic carbocycles. The summed E-state index contributed by atoms with van der Waals surface area (Å²) < 4.78 is 11.0. The summed E-state index contributed by atoms with van der Waals surface area (Å²) in [4.78, 5) is 25.6. The number of carbonyl (C=O) groups is 2. The molecule has 0 unspecified atom stereocenters. The molecule has 170 valence electrons. The van der Waals surface area contributed by atoms with Crippen LogP contribution >= 0.6 is 0 Å². The molecule has 0 aliphatic heterocycles. The Hall–Kier alpha value is -1.84. The molecule has 4 heteroatoms. The van der Waals surface area contributed by atoms with Crippen molar-refractivity contribution < 1.29 is 19.1 Å². The largest absolute Gasteiger partial charge is 0.465 e. The van der Waals surface area contributed by atoms with Gasteiger partial charge >= 0.3 is 11.9 Å². The van der Waals surface area contributed by atoms with Gasteiger partial charge in [0.05, 0.1) is 6.61 Å². The second kappa shape index (κ2) is 15.0. The minimum atomic E-state index is -1.23. The van der Waals surface area contributed by atoms with Crippen molar-refractivity contribution in [1.82, 2.24) is 0 Å². The minimum Gasteiger partial charge on any atom is -0.465 e. The molecule has 0 saturated carbocycles. The Kier molecular flexibility index (Phi) is 13.1. The molecule has 0 radical (unpaired) electrons. The molecular formula is C26H42O4. The minimum absolute atomic E-state index is 0.366. The summed E-state index contributed by atoms with van der Waals surface area (Å²) in [5, 5.41) is 0. The fourth-order valence-corrected chi connectivity index (χ4v) is 3.69. The highest BCUT2D eigenvalue weighted by atomic mass is 16.6. The van der Waals surface area contributed by atoms with Crippen molar-refractivity contribution in [3.8, 4) is 5.75 Å². The molecule has 4 nitrogen and oxygen atoms in total. The molecule has 0 aliphatic rings. The third-order valence-electron chi connectivity index (χ3n) is 5.92. The number of hydrogen-bond donors (Lipinski definition) is 0. The van der Waals surface area contributed by atoms with Gasteiger partial charge < -0.3 is 9.47 Å². The number of benzene rings is 1. The Bertz CT molecular complexity index is 619. The van der Waals surface area contributed by atoms with Crippen LogP contribution in [0.15, 0.2) is 24.3 Å². The first-order chi connectivity index (χ1) is 14.5. The smallest absolute Gasteiger partial charge is 0.328 e. The lowest BCUT2D eigenvalue weighted by atomic mass is 9.82. The van der Waals surface area contributed by atoms with Crippen LogP contribution in [-0.2, 0) is 14.3 Å². The Morgan fingerprint density at radius 3 is 1.90 bits per heavy atom. The van der Waals surface area contributed by atoms with Crippen molar-refractivity contribution in [2.45, 2.75) is 105 Å². The normalized spacial score (nSPS) is 11.3. The molecule has 1 rings (SSSR count). The van der Waals surface area contributed by atoms with Gasteiger partial charge in [0.2, 0.25) is 0 Å². The highest BCUT2D eigenvalue weighted by Crippen LogP contribution is 2.31. The van der Waals surface area contributed by atoms with Gasteiger partial charge in [-0.25, -0.2) is 0 Å². The van der Waals surface area contributed by atoms with Crippen LogP contribution in [-0.4, -0.2) is 18.5 Å². The lowest BCUT2D eigenvalue weighted by molar-refractivity contribution is -0.168. The van der Waals surface area contributed by atoms with Gasteiger partial charge in [0.15, 0.2) is 5.41 Å². The molecule has 1 aromatic rings. The van der Waals surface area contributed by atoms with E-state index in [1.165, 1.54) is 51.4 Å². The maximum Gasteiger partial charge on any atom is 0.328 e. The summed E-state index contributed by atoms with van der Waals surface area (Å²) in [6.45, 7) is 8.22. The van der Waals surface area contributed by atoms with E-state index in [9.17, 15) is 9.59 Å². The van der Waals surface area contributed by atoms with Crippen molar-refractivity contribution in [2.24, 2.45) is 5.41 Å². The molecule has 0 atom stereocenters. The molecular weight excluding hydrogens is 376 g/mol. The van der Waals surface area contributed by atoms with Gasteiger partial charge in [0.1, 0.15) is 5.75 Å². The maximum atomic E-state index is 12.8. The van der Waals surface area contributed by atoms with Crippen molar-refractivity contribution in [1.29, 1.82) is 0 Å². The number of ether oxygens (including phenoxy) is 2. The lowest BCUT2D eigenvalue weighted by Crippen LogP contribution is -2.42. The standard InChI is InChI=1S/C26H42O4/c1-5-8-9-10-11-12-13-14-15-16-20-29-24(27)26(6-2,7-3)25(28)30-23-19-17-18-22(4)21-23/h17-19,21H,5-16,20H2,1-4H3. The predicted molar refractivity (Wildman–Crippen MR) is 123 cm³/mol. The van der Waals surface area contributed by atoms with Crippen molar-refractivity contribution in [3.05, 3.63) is 29.8 Å². The number of carbonyl (C=O) groups excluding carboxylic acids is 2. The number of unbranched alkanes of at least 4 members (excludes halogenated alkanes) is 9. The summed E-state index contributed by atoms with van der Waals surface area (Å²) in [6, 6.07) is 7.30. The average Bonchev–Trinajstić information content (AvgIpc) is 2.73. The summed E-state index contributed by atoms with van der Waals surface area (Å²) in [5.74, 6) is -0.513. The fourth-order valence-electron chi connectivity index (χ4n) is 3.69. The van der Waals surface area contributed by atoms with Gasteiger partial charge in [-0.15, -0.1) is 0 Å². The molecule has 0 fully saturated rings. The Morgan fingerprint density at radius 2 is 1.37 bits per heavy atom. The Balaban J connectivity index is 2.36. The molecule has 0 N–H and O–H groups in total. The summed E-state index contributed by atoms with van der Waals surface area (Å²) >= 11 is 0. The molecule has 0 heterocycles. The predicted octanol–water partition coefficient (Wildman–Crippen LogP) is 7.17. The molecule has 0 amide bonds. The Morgan fingerprint density at radius 1 is 0.800 bits per heavy atom. The Labute approximate surface area is 183 Å². The third-order valence-corrected chi connectivity index (χ3v) is 5.92. The molecule has 0 aromatic heterocycles. The van der Waals surface area contributed by atoms with Crippen molar-refractivity contribution in [3.63, 3.8) is 0 Å². The van der Waals surface area contributed by atoms with Gasteiger partial charge in [0.25, 0.3) is 0 Å². The second-order valence-electron chi connectivity index (χ2n) is 8.31. The van der Waals surface area contributed by atoms with E-state index in [-0.39, 0.29) is 0 Å². The molecule has 0 spiro atoms. The van der Waals surface area contributed by atoms with Gasteiger partial charge in [0, 0.05) is 0 Å². The highest BCUT2D eigenvalue weighted by molar-refractivity contribution is 6.00. The molecule has 0 aliphatic carbocycles. The molecule has 0 saturated heterocycles. The van der Waals surface area contributed by atoms with Gasteiger partial charge in [-0.1, -0.05) is 90.7 Å². The fraction of sp³-hybridized carbons (Fsp3) is 0.692. The first kappa shape index (κ1) is 26.2. The zero-order valence-electron chi connectivity index (χ0n) is 19.6. The van der Waals surface area contributed by atoms with Gasteiger partial charge in [-0.2, -0.15) is 0 Å². The monoisotopic (exact) mass is 418 g/mol. The van der Waals surface area contributed by atoms with Crippen LogP contribution in [0.25, 0.3) is 0 Å². The van der Waals surface area contributed by atoms with E-state index in [0.29, 0.717) is 25.2 Å². The second-order valence-corrected chi connectivity index (χ2v) is 8.31. The maximum absolute atomic E-state index is 12.8. The van der Waals surface area contributed by atoms with E-state index in [4.69, 9.17) is 9.47 Å². The van der Waals surface area contributed by atoms with Crippen LogP contribution in [0.1, 0.15) is 103 Å². The number of rotatable bonds is 16. The van der Waals surface area contributed by atoms with E-state index < -0.39 is 17.4 Å². The summed E-state index contributed by atoms with van der Waals surface area (Å²) in [6.07, 6.45) is 13.0. The van der Waals surface area contributed by atoms with Crippen molar-refractivity contribution in [2.75, 3.05) is 6.61 Å². The van der Waals surface area contributed by atoms with E-state index in [1.54, 1.807) is 12.1 Å². The van der Waals surface area contributed by atoms with Gasteiger partial charge in [-0.3, -0.25) is 9.59 Å². The van der Waals surface area contributed by atoms with Crippen molar-refractivity contribution >= 4 is 11.9 Å². The molecule has 0 bridgehead atoms. The summed E-state index contributed by atoms with van der Waals surface area (Å²) in [5.41, 5.74) is -0.232. The SMILES string of the molecule is CCCCCCCCCCCCOC(=O)C(CC)(CC)C(=O)Oc1cccc(C)c1. The summed E-state index contributed by atoms with van der Waals surface area (Å²) in [7, 11) is 0. The van der Waals surface area contributed by atoms with Crippen LogP contribution in [0.5, 0.6) is 5.75 Å². The van der Waals surface area contributed by atoms with Crippen LogP contribution in [0.4, 0.5) is 0 Å². The van der Waals surface area contributed by atoms with Crippen LogP contribution in [0.3, 0.4) is 0 Å². The van der Waals surface area contributed by atoms with E-state index in [1.807, 2.05) is 32.9 Å². The average molecular weight is 419 g/mol. The quantitative estimate of drug-likeness (QED) is 0.124. The lowest BCUT2D eigenvalue weighted by Gasteiger charge is -2.26. The van der Waals surface area contributed by atoms with Crippen LogP contribution in [0.2, 0.25) is 0 Å². The number of hydrogen-bond acceptors (Lipinski definition) is 4. The van der Waals surface area contributed by atoms with Gasteiger partial charge in [-0.05, 0) is 43.9 Å². The molecule has 30 heavy (non-hydrogen) atoms. The number of esters is 2. The zero-order valence-corrected chi connectivity index (χ0v) is 19.6. The van der Waals surface area contributed by atoms with E-state index in [0.717, 1.165) is 18.4 Å². The van der Waals surface area contributed by atoms with E-state index in [2.05, 4.69) is 6.92 Å². The first-order valence-electron chi connectivity index (χ1n) is 12.0.